The highest BCUT2D eigenvalue weighted by molar-refractivity contribution is 5.80. The molecule has 0 aliphatic carbocycles. The van der Waals surface area contributed by atoms with E-state index in [0.717, 1.165) is 12.8 Å². The molecule has 1 heterocycles. The third kappa shape index (κ3) is 2.68. The molecule has 2 atom stereocenters. The van der Waals surface area contributed by atoms with Crippen LogP contribution in [0.25, 0.3) is 0 Å². The van der Waals surface area contributed by atoms with E-state index in [-0.39, 0.29) is 5.56 Å². The van der Waals surface area contributed by atoms with Gasteiger partial charge in [0.15, 0.2) is 0 Å². The summed E-state index contributed by atoms with van der Waals surface area (Å²) in [5.41, 5.74) is -0.0672. The number of piperidine rings is 1. The normalized spacial score (nSPS) is 24.8. The lowest BCUT2D eigenvalue weighted by molar-refractivity contribution is 0.109. The van der Waals surface area contributed by atoms with Gasteiger partial charge in [-0.2, -0.15) is 5.10 Å². The number of rotatable bonds is 2. The molecule has 2 nitrogen and oxygen atoms in total. The average molecular weight is 252 g/mol. The van der Waals surface area contributed by atoms with Crippen molar-refractivity contribution in [3.63, 3.8) is 0 Å². The fourth-order valence-electron chi connectivity index (χ4n) is 2.39. The highest BCUT2D eigenvalue weighted by Gasteiger charge is 2.22. The van der Waals surface area contributed by atoms with Crippen molar-refractivity contribution >= 4 is 6.21 Å². The predicted molar refractivity (Wildman–Crippen MR) is 68.6 cm³/mol. The standard InChI is InChI=1S/C14H18F2N2/c1-10-5-3-6-11(2)18(10)17-9-12-13(15)7-4-8-14(12)16/h4,7-11H,3,5-6H2,1-2H3/b17-9-/t10-,11+. The second-order valence-electron chi connectivity index (χ2n) is 4.89. The van der Waals surface area contributed by atoms with Crippen LogP contribution in [0, 0.1) is 11.6 Å². The number of benzene rings is 1. The minimum absolute atomic E-state index is 0.0672. The molecule has 1 aliphatic heterocycles. The Labute approximate surface area is 106 Å². The Hall–Kier alpha value is -1.45. The van der Waals surface area contributed by atoms with E-state index in [1.54, 1.807) is 0 Å². The third-order valence-electron chi connectivity index (χ3n) is 3.47. The van der Waals surface area contributed by atoms with Crippen LogP contribution in [-0.4, -0.2) is 23.3 Å². The van der Waals surface area contributed by atoms with Gasteiger partial charge in [-0.25, -0.2) is 8.78 Å². The molecule has 0 bridgehead atoms. The zero-order chi connectivity index (χ0) is 13.1. The van der Waals surface area contributed by atoms with Gasteiger partial charge in [0, 0.05) is 12.1 Å². The van der Waals surface area contributed by atoms with Crippen molar-refractivity contribution in [2.75, 3.05) is 0 Å². The molecule has 1 aliphatic rings. The summed E-state index contributed by atoms with van der Waals surface area (Å²) in [6, 6.07) is 4.48. The summed E-state index contributed by atoms with van der Waals surface area (Å²) in [5.74, 6) is -1.15. The van der Waals surface area contributed by atoms with Crippen molar-refractivity contribution in [3.05, 3.63) is 35.4 Å². The van der Waals surface area contributed by atoms with Crippen LogP contribution in [-0.2, 0) is 0 Å². The molecule has 0 N–H and O–H groups in total. The maximum absolute atomic E-state index is 13.4. The van der Waals surface area contributed by atoms with E-state index < -0.39 is 11.6 Å². The highest BCUT2D eigenvalue weighted by Crippen LogP contribution is 2.22. The number of halogens is 2. The maximum atomic E-state index is 13.4. The van der Waals surface area contributed by atoms with Gasteiger partial charge >= 0.3 is 0 Å². The summed E-state index contributed by atoms with van der Waals surface area (Å²) in [7, 11) is 0. The van der Waals surface area contributed by atoms with Gasteiger partial charge in [-0.1, -0.05) is 6.07 Å². The molecule has 98 valence electrons. The fourth-order valence-corrected chi connectivity index (χ4v) is 2.39. The van der Waals surface area contributed by atoms with Gasteiger partial charge in [0.2, 0.25) is 0 Å². The maximum Gasteiger partial charge on any atom is 0.134 e. The summed E-state index contributed by atoms with van der Waals surface area (Å²) < 4.78 is 26.9. The number of hydrogen-bond donors (Lipinski definition) is 0. The zero-order valence-corrected chi connectivity index (χ0v) is 10.7. The van der Waals surface area contributed by atoms with Gasteiger partial charge in [0.05, 0.1) is 11.8 Å². The van der Waals surface area contributed by atoms with Crippen LogP contribution in [0.4, 0.5) is 8.78 Å². The van der Waals surface area contributed by atoms with E-state index in [9.17, 15) is 8.78 Å². The molecule has 0 unspecified atom stereocenters. The van der Waals surface area contributed by atoms with E-state index in [1.165, 1.54) is 30.8 Å². The topological polar surface area (TPSA) is 15.6 Å². The second kappa shape index (κ2) is 5.46. The van der Waals surface area contributed by atoms with Crippen molar-refractivity contribution in [2.45, 2.75) is 45.2 Å². The molecule has 0 amide bonds. The van der Waals surface area contributed by atoms with Gasteiger partial charge in [-0.05, 0) is 45.2 Å². The monoisotopic (exact) mass is 252 g/mol. The molecule has 18 heavy (non-hydrogen) atoms. The van der Waals surface area contributed by atoms with E-state index in [0.29, 0.717) is 12.1 Å². The van der Waals surface area contributed by atoms with Crippen molar-refractivity contribution in [1.29, 1.82) is 0 Å². The van der Waals surface area contributed by atoms with Crippen LogP contribution in [0.2, 0.25) is 0 Å². The van der Waals surface area contributed by atoms with Crippen LogP contribution < -0.4 is 0 Å². The molecule has 1 saturated heterocycles. The van der Waals surface area contributed by atoms with Crippen molar-refractivity contribution in [1.82, 2.24) is 5.01 Å². The van der Waals surface area contributed by atoms with Gasteiger partial charge in [-0.3, -0.25) is 5.01 Å². The Morgan fingerprint density at radius 2 is 1.72 bits per heavy atom. The highest BCUT2D eigenvalue weighted by atomic mass is 19.1. The average Bonchev–Trinajstić information content (AvgIpc) is 2.31. The lowest BCUT2D eigenvalue weighted by atomic mass is 10.00. The summed E-state index contributed by atoms with van der Waals surface area (Å²) in [4.78, 5) is 0. The first-order valence-electron chi connectivity index (χ1n) is 6.36. The Balaban J connectivity index is 2.19. The van der Waals surface area contributed by atoms with Crippen LogP contribution in [0.3, 0.4) is 0 Å². The molecular formula is C14H18F2N2. The molecule has 1 aromatic rings. The Morgan fingerprint density at radius 1 is 1.17 bits per heavy atom. The van der Waals surface area contributed by atoms with Crippen LogP contribution in [0.15, 0.2) is 23.3 Å². The number of nitrogens with zero attached hydrogens (tertiary/aromatic N) is 2. The van der Waals surface area contributed by atoms with Gasteiger partial charge in [-0.15, -0.1) is 0 Å². The molecule has 2 rings (SSSR count). The fraction of sp³-hybridized carbons (Fsp3) is 0.500. The molecular weight excluding hydrogens is 234 g/mol. The summed E-state index contributed by atoms with van der Waals surface area (Å²) in [6.07, 6.45) is 4.62. The molecule has 0 saturated carbocycles. The number of hydrazone groups is 1. The smallest absolute Gasteiger partial charge is 0.134 e. The minimum Gasteiger partial charge on any atom is -0.292 e. The molecule has 4 heteroatoms. The van der Waals surface area contributed by atoms with E-state index in [4.69, 9.17) is 0 Å². The van der Waals surface area contributed by atoms with Gasteiger partial charge in [0.1, 0.15) is 11.6 Å². The zero-order valence-electron chi connectivity index (χ0n) is 10.7. The molecule has 0 spiro atoms. The summed E-state index contributed by atoms with van der Waals surface area (Å²) >= 11 is 0. The minimum atomic E-state index is -0.573. The van der Waals surface area contributed by atoms with Crippen LogP contribution in [0.5, 0.6) is 0 Å². The first-order valence-corrected chi connectivity index (χ1v) is 6.36. The molecule has 0 radical (unpaired) electrons. The largest absolute Gasteiger partial charge is 0.292 e. The van der Waals surface area contributed by atoms with Gasteiger partial charge < -0.3 is 0 Å². The first-order chi connectivity index (χ1) is 8.59. The summed E-state index contributed by atoms with van der Waals surface area (Å²) in [6.45, 7) is 4.18. The summed E-state index contributed by atoms with van der Waals surface area (Å²) in [5, 5.41) is 6.21. The van der Waals surface area contributed by atoms with Gasteiger partial charge in [0.25, 0.3) is 0 Å². The first kappa shape index (κ1) is 13.0. The Bertz CT molecular complexity index is 415. The Morgan fingerprint density at radius 3 is 2.28 bits per heavy atom. The second-order valence-corrected chi connectivity index (χ2v) is 4.89. The van der Waals surface area contributed by atoms with Crippen LogP contribution in [0.1, 0.15) is 38.7 Å². The van der Waals surface area contributed by atoms with E-state index >= 15 is 0 Å². The molecule has 0 aromatic heterocycles. The lowest BCUT2D eigenvalue weighted by Gasteiger charge is -2.36. The van der Waals surface area contributed by atoms with Crippen LogP contribution >= 0.6 is 0 Å². The van der Waals surface area contributed by atoms with Crippen molar-refractivity contribution in [2.24, 2.45) is 5.10 Å². The molecule has 1 fully saturated rings. The van der Waals surface area contributed by atoms with Crippen molar-refractivity contribution < 1.29 is 8.78 Å². The van der Waals surface area contributed by atoms with Crippen molar-refractivity contribution in [3.8, 4) is 0 Å². The number of hydrogen-bond acceptors (Lipinski definition) is 2. The van der Waals surface area contributed by atoms with E-state index in [1.807, 2.05) is 5.01 Å². The Kier molecular flexibility index (Phi) is 3.94. The third-order valence-corrected chi connectivity index (χ3v) is 3.47. The quantitative estimate of drug-likeness (QED) is 0.735. The lowest BCUT2D eigenvalue weighted by Crippen LogP contribution is -2.39. The van der Waals surface area contributed by atoms with E-state index in [2.05, 4.69) is 18.9 Å². The predicted octanol–water partition coefficient (Wildman–Crippen LogP) is 3.56. The molecule has 1 aromatic carbocycles. The SMILES string of the molecule is C[C@@H]1CCC[C@H](C)N1/N=C\c1c(F)cccc1F.